The van der Waals surface area contributed by atoms with E-state index in [2.05, 4.69) is 9.88 Å². The second-order valence-electron chi connectivity index (χ2n) is 7.09. The Labute approximate surface area is 179 Å². The average Bonchev–Trinajstić information content (AvgIpc) is 3.10. The number of aromatic nitrogens is 2. The van der Waals surface area contributed by atoms with Crippen LogP contribution in [-0.4, -0.2) is 15.5 Å². The van der Waals surface area contributed by atoms with Crippen LogP contribution in [0.25, 0.3) is 11.0 Å². The third kappa shape index (κ3) is 4.69. The molecule has 4 rings (SSSR count). The predicted octanol–water partition coefficient (Wildman–Crippen LogP) is 5.13. The fourth-order valence-electron chi connectivity index (χ4n) is 3.43. The number of rotatable bonds is 7. The topological polar surface area (TPSA) is 46.9 Å². The van der Waals surface area contributed by atoms with E-state index in [4.69, 9.17) is 16.6 Å². The van der Waals surface area contributed by atoms with Gasteiger partial charge in [0.15, 0.2) is 0 Å². The zero-order valence-corrected chi connectivity index (χ0v) is 17.1. The lowest BCUT2D eigenvalue weighted by molar-refractivity contribution is -0.121. The summed E-state index contributed by atoms with van der Waals surface area (Å²) in [4.78, 5) is 17.2. The lowest BCUT2D eigenvalue weighted by Crippen LogP contribution is -2.24. The summed E-state index contributed by atoms with van der Waals surface area (Å²) in [6, 6.07) is 21.7. The number of amides is 1. The number of imidazole rings is 1. The van der Waals surface area contributed by atoms with Crippen LogP contribution < -0.4 is 5.32 Å². The quantitative estimate of drug-likeness (QED) is 0.450. The van der Waals surface area contributed by atoms with E-state index < -0.39 is 0 Å². The predicted molar refractivity (Wildman–Crippen MR) is 117 cm³/mol. The number of carbonyl (C=O) groups excluding carboxylic acids is 1. The molecule has 0 saturated carbocycles. The van der Waals surface area contributed by atoms with Gasteiger partial charge >= 0.3 is 0 Å². The molecule has 1 aromatic heterocycles. The average molecular weight is 422 g/mol. The largest absolute Gasteiger partial charge is 0.352 e. The number of carbonyl (C=O) groups is 1. The minimum absolute atomic E-state index is 0.0687. The van der Waals surface area contributed by atoms with Crippen LogP contribution in [0.15, 0.2) is 72.8 Å². The third-order valence-electron chi connectivity index (χ3n) is 5.01. The second-order valence-corrected chi connectivity index (χ2v) is 7.50. The molecular weight excluding hydrogens is 401 g/mol. The van der Waals surface area contributed by atoms with Gasteiger partial charge in [0.05, 0.1) is 11.0 Å². The Morgan fingerprint density at radius 2 is 1.73 bits per heavy atom. The van der Waals surface area contributed by atoms with Gasteiger partial charge in [0.25, 0.3) is 0 Å². The molecular formula is C24H21ClFN3O. The van der Waals surface area contributed by atoms with E-state index in [1.54, 1.807) is 12.1 Å². The minimum atomic E-state index is -0.289. The Hall–Kier alpha value is -3.18. The van der Waals surface area contributed by atoms with Gasteiger partial charge in [-0.25, -0.2) is 9.37 Å². The number of aryl methyl sites for hydroxylation is 1. The van der Waals surface area contributed by atoms with E-state index in [9.17, 15) is 9.18 Å². The first-order valence-corrected chi connectivity index (χ1v) is 10.2. The Kier molecular flexibility index (Phi) is 6.10. The normalized spacial score (nSPS) is 11.0. The number of halogens is 2. The maximum atomic E-state index is 13.0. The molecule has 0 fully saturated rings. The van der Waals surface area contributed by atoms with E-state index in [0.29, 0.717) is 31.0 Å². The van der Waals surface area contributed by atoms with Crippen molar-refractivity contribution in [1.82, 2.24) is 14.9 Å². The molecule has 0 saturated heterocycles. The molecule has 3 aromatic carbocycles. The maximum Gasteiger partial charge on any atom is 0.222 e. The molecule has 1 amide bonds. The monoisotopic (exact) mass is 421 g/mol. The molecule has 0 unspecified atom stereocenters. The summed E-state index contributed by atoms with van der Waals surface area (Å²) < 4.78 is 15.1. The van der Waals surface area contributed by atoms with Crippen molar-refractivity contribution in [1.29, 1.82) is 0 Å². The van der Waals surface area contributed by atoms with Crippen LogP contribution in [-0.2, 0) is 24.3 Å². The van der Waals surface area contributed by atoms with Crippen LogP contribution in [0.4, 0.5) is 4.39 Å². The van der Waals surface area contributed by atoms with Crippen LogP contribution in [0.3, 0.4) is 0 Å². The summed E-state index contributed by atoms with van der Waals surface area (Å²) in [5.74, 6) is 0.513. The van der Waals surface area contributed by atoms with Gasteiger partial charge in [-0.05, 0) is 41.5 Å². The molecule has 0 aliphatic carbocycles. The van der Waals surface area contributed by atoms with Gasteiger partial charge in [-0.2, -0.15) is 0 Å². The Morgan fingerprint density at radius 1 is 1.00 bits per heavy atom. The highest BCUT2D eigenvalue weighted by Gasteiger charge is 2.13. The Balaban J connectivity index is 1.48. The zero-order chi connectivity index (χ0) is 20.9. The first kappa shape index (κ1) is 20.1. The van der Waals surface area contributed by atoms with Crippen molar-refractivity contribution >= 4 is 28.5 Å². The number of benzene rings is 3. The molecule has 0 aliphatic heterocycles. The van der Waals surface area contributed by atoms with Gasteiger partial charge in [0, 0.05) is 31.0 Å². The van der Waals surface area contributed by atoms with E-state index >= 15 is 0 Å². The summed E-state index contributed by atoms with van der Waals surface area (Å²) >= 11 is 6.34. The lowest BCUT2D eigenvalue weighted by Gasteiger charge is -2.11. The van der Waals surface area contributed by atoms with Gasteiger partial charge in [-0.1, -0.05) is 54.1 Å². The molecule has 0 bridgehead atoms. The van der Waals surface area contributed by atoms with Crippen molar-refractivity contribution in [3.8, 4) is 0 Å². The smallest absolute Gasteiger partial charge is 0.222 e. The summed E-state index contributed by atoms with van der Waals surface area (Å²) in [6.45, 7) is 0.881. The molecule has 0 radical (unpaired) electrons. The van der Waals surface area contributed by atoms with Crippen molar-refractivity contribution in [2.75, 3.05) is 0 Å². The van der Waals surface area contributed by atoms with Crippen LogP contribution in [0.1, 0.15) is 23.4 Å². The van der Waals surface area contributed by atoms with Crippen molar-refractivity contribution in [2.45, 2.75) is 25.9 Å². The molecule has 4 nitrogen and oxygen atoms in total. The zero-order valence-electron chi connectivity index (χ0n) is 16.3. The van der Waals surface area contributed by atoms with Crippen LogP contribution in [0.5, 0.6) is 0 Å². The fourth-order valence-corrected chi connectivity index (χ4v) is 3.63. The molecule has 1 N–H and O–H groups in total. The maximum absolute atomic E-state index is 13.0. The van der Waals surface area contributed by atoms with E-state index in [1.807, 2.05) is 48.5 Å². The van der Waals surface area contributed by atoms with Gasteiger partial charge in [0.2, 0.25) is 5.91 Å². The second kappa shape index (κ2) is 9.09. The number of hydrogen-bond donors (Lipinski definition) is 1. The highest BCUT2D eigenvalue weighted by Crippen LogP contribution is 2.22. The summed E-state index contributed by atoms with van der Waals surface area (Å²) in [6.07, 6.45) is 0.905. The van der Waals surface area contributed by atoms with Crippen LogP contribution >= 0.6 is 11.6 Å². The molecule has 30 heavy (non-hydrogen) atoms. The van der Waals surface area contributed by atoms with Crippen molar-refractivity contribution in [3.63, 3.8) is 0 Å². The van der Waals surface area contributed by atoms with Crippen molar-refractivity contribution < 1.29 is 9.18 Å². The van der Waals surface area contributed by atoms with Gasteiger partial charge in [-0.15, -0.1) is 0 Å². The van der Waals surface area contributed by atoms with Crippen LogP contribution in [0.2, 0.25) is 5.02 Å². The molecule has 152 valence electrons. The molecule has 6 heteroatoms. The molecule has 0 atom stereocenters. The van der Waals surface area contributed by atoms with Crippen molar-refractivity contribution in [2.24, 2.45) is 0 Å². The van der Waals surface area contributed by atoms with E-state index in [1.165, 1.54) is 12.1 Å². The Bertz CT molecular complexity index is 1170. The first-order chi connectivity index (χ1) is 14.6. The van der Waals surface area contributed by atoms with E-state index in [-0.39, 0.29) is 11.7 Å². The third-order valence-corrected chi connectivity index (χ3v) is 5.37. The summed E-state index contributed by atoms with van der Waals surface area (Å²) in [5.41, 5.74) is 3.74. The summed E-state index contributed by atoms with van der Waals surface area (Å²) in [7, 11) is 0. The first-order valence-electron chi connectivity index (χ1n) is 9.79. The van der Waals surface area contributed by atoms with Crippen molar-refractivity contribution in [3.05, 3.63) is 101 Å². The number of nitrogens with zero attached hydrogens (tertiary/aromatic N) is 2. The standard InChI is InChI=1S/C24H21ClFN3O/c25-20-6-2-1-5-18(20)15-23-28-21-7-3-4-8-22(21)29(23)14-13-24(30)27-16-17-9-11-19(26)12-10-17/h1-12H,13-16H2,(H,27,30). The Morgan fingerprint density at radius 3 is 2.53 bits per heavy atom. The van der Waals surface area contributed by atoms with Gasteiger partial charge in [0.1, 0.15) is 11.6 Å². The number of para-hydroxylation sites is 2. The fraction of sp³-hybridized carbons (Fsp3) is 0.167. The highest BCUT2D eigenvalue weighted by molar-refractivity contribution is 6.31. The molecule has 1 heterocycles. The lowest BCUT2D eigenvalue weighted by atomic mass is 10.1. The number of fused-ring (bicyclic) bond motifs is 1. The molecule has 4 aromatic rings. The van der Waals surface area contributed by atoms with Gasteiger partial charge < -0.3 is 9.88 Å². The van der Waals surface area contributed by atoms with Gasteiger partial charge in [-0.3, -0.25) is 4.79 Å². The molecule has 0 aliphatic rings. The number of nitrogens with one attached hydrogen (secondary N) is 1. The highest BCUT2D eigenvalue weighted by atomic mass is 35.5. The van der Waals surface area contributed by atoms with Crippen LogP contribution in [0, 0.1) is 5.82 Å². The number of hydrogen-bond acceptors (Lipinski definition) is 2. The molecule has 0 spiro atoms. The summed E-state index contributed by atoms with van der Waals surface area (Å²) in [5, 5.41) is 3.59. The minimum Gasteiger partial charge on any atom is -0.352 e. The SMILES string of the molecule is O=C(CCn1c(Cc2ccccc2Cl)nc2ccccc21)NCc1ccc(F)cc1. The van der Waals surface area contributed by atoms with E-state index in [0.717, 1.165) is 28.0 Å².